The van der Waals surface area contributed by atoms with Crippen molar-refractivity contribution in [3.63, 3.8) is 0 Å². The van der Waals surface area contributed by atoms with Gasteiger partial charge in [0.05, 0.1) is 0 Å². The summed E-state index contributed by atoms with van der Waals surface area (Å²) in [4.78, 5) is 0. The maximum atomic E-state index is 8.86. The molecule has 0 spiro atoms. The fourth-order valence-electron chi connectivity index (χ4n) is 1.49. The minimum atomic E-state index is 0.289. The largest absolute Gasteiger partial charge is 0.396 e. The Bertz CT molecular complexity index is 105. The lowest BCUT2D eigenvalue weighted by Crippen LogP contribution is -2.38. The summed E-state index contributed by atoms with van der Waals surface area (Å²) >= 11 is 1.84. The SMILES string of the molecule is CCCC(C)NC(CCO)CSC. The summed E-state index contributed by atoms with van der Waals surface area (Å²) in [6.45, 7) is 4.71. The summed E-state index contributed by atoms with van der Waals surface area (Å²) in [6, 6.07) is 1.05. The molecule has 0 aliphatic heterocycles. The first-order chi connectivity index (χ1) is 6.24. The molecule has 0 saturated heterocycles. The van der Waals surface area contributed by atoms with Gasteiger partial charge in [0.15, 0.2) is 0 Å². The van der Waals surface area contributed by atoms with Crippen LogP contribution in [0.3, 0.4) is 0 Å². The van der Waals surface area contributed by atoms with Gasteiger partial charge >= 0.3 is 0 Å². The third-order valence-electron chi connectivity index (χ3n) is 2.09. The van der Waals surface area contributed by atoms with Crippen LogP contribution in [0.2, 0.25) is 0 Å². The lowest BCUT2D eigenvalue weighted by atomic mass is 10.1. The standard InChI is InChI=1S/C10H23NOS/c1-4-5-9(2)11-10(6-7-12)8-13-3/h9-12H,4-8H2,1-3H3. The third-order valence-corrected chi connectivity index (χ3v) is 2.82. The number of aliphatic hydroxyl groups excluding tert-OH is 1. The van der Waals surface area contributed by atoms with Crippen molar-refractivity contribution >= 4 is 11.8 Å². The molecule has 2 atom stereocenters. The molecule has 0 bridgehead atoms. The smallest absolute Gasteiger partial charge is 0.0446 e. The highest BCUT2D eigenvalue weighted by atomic mass is 32.2. The molecular weight excluding hydrogens is 182 g/mol. The molecular formula is C10H23NOS. The quantitative estimate of drug-likeness (QED) is 0.634. The summed E-state index contributed by atoms with van der Waals surface area (Å²) in [7, 11) is 0. The van der Waals surface area contributed by atoms with E-state index in [-0.39, 0.29) is 6.61 Å². The highest BCUT2D eigenvalue weighted by Crippen LogP contribution is 2.04. The summed E-state index contributed by atoms with van der Waals surface area (Å²) in [6.07, 6.45) is 5.42. The van der Waals surface area contributed by atoms with Gasteiger partial charge in [0.25, 0.3) is 0 Å². The fourth-order valence-corrected chi connectivity index (χ4v) is 2.16. The number of nitrogens with one attached hydrogen (secondary N) is 1. The Morgan fingerprint density at radius 1 is 1.38 bits per heavy atom. The average molecular weight is 205 g/mol. The molecule has 2 unspecified atom stereocenters. The van der Waals surface area contributed by atoms with Gasteiger partial charge in [-0.05, 0) is 26.0 Å². The van der Waals surface area contributed by atoms with Crippen molar-refractivity contribution in [1.82, 2.24) is 5.32 Å². The molecule has 0 aromatic heterocycles. The fraction of sp³-hybridized carbons (Fsp3) is 1.00. The van der Waals surface area contributed by atoms with E-state index >= 15 is 0 Å². The molecule has 3 heteroatoms. The number of thioether (sulfide) groups is 1. The van der Waals surface area contributed by atoms with Crippen molar-refractivity contribution in [2.75, 3.05) is 18.6 Å². The molecule has 0 saturated carbocycles. The minimum Gasteiger partial charge on any atom is -0.396 e. The second-order valence-corrected chi connectivity index (χ2v) is 4.43. The maximum Gasteiger partial charge on any atom is 0.0446 e. The Morgan fingerprint density at radius 2 is 2.08 bits per heavy atom. The molecule has 0 aliphatic carbocycles. The molecule has 2 nitrogen and oxygen atoms in total. The second kappa shape index (κ2) is 8.85. The normalized spacial score (nSPS) is 15.7. The summed E-state index contributed by atoms with van der Waals surface area (Å²) in [5.41, 5.74) is 0. The van der Waals surface area contributed by atoms with E-state index in [1.807, 2.05) is 11.8 Å². The monoisotopic (exact) mass is 205 g/mol. The molecule has 0 amide bonds. The number of hydrogen-bond acceptors (Lipinski definition) is 3. The van der Waals surface area contributed by atoms with Crippen LogP contribution in [0.1, 0.15) is 33.1 Å². The van der Waals surface area contributed by atoms with Gasteiger partial charge in [-0.15, -0.1) is 0 Å². The van der Waals surface area contributed by atoms with Crippen LogP contribution in [-0.4, -0.2) is 35.8 Å². The molecule has 0 rings (SSSR count). The van der Waals surface area contributed by atoms with Crippen LogP contribution in [0.4, 0.5) is 0 Å². The Balaban J connectivity index is 3.64. The van der Waals surface area contributed by atoms with Gasteiger partial charge < -0.3 is 10.4 Å². The Morgan fingerprint density at radius 3 is 2.54 bits per heavy atom. The van der Waals surface area contributed by atoms with Gasteiger partial charge in [-0.1, -0.05) is 13.3 Å². The molecule has 0 fully saturated rings. The van der Waals surface area contributed by atoms with E-state index in [0.29, 0.717) is 12.1 Å². The molecule has 0 aromatic carbocycles. The van der Waals surface area contributed by atoms with Crippen LogP contribution < -0.4 is 5.32 Å². The Kier molecular flexibility index (Phi) is 9.03. The van der Waals surface area contributed by atoms with Gasteiger partial charge in [0.2, 0.25) is 0 Å². The Labute approximate surface area is 86.5 Å². The predicted molar refractivity (Wildman–Crippen MR) is 61.4 cm³/mol. The van der Waals surface area contributed by atoms with Crippen LogP contribution in [0.25, 0.3) is 0 Å². The van der Waals surface area contributed by atoms with Crippen molar-refractivity contribution in [2.24, 2.45) is 0 Å². The molecule has 13 heavy (non-hydrogen) atoms. The number of aliphatic hydroxyl groups is 1. The lowest BCUT2D eigenvalue weighted by molar-refractivity contribution is 0.264. The van der Waals surface area contributed by atoms with E-state index in [2.05, 4.69) is 25.4 Å². The van der Waals surface area contributed by atoms with Gasteiger partial charge in [-0.2, -0.15) is 11.8 Å². The zero-order valence-corrected chi connectivity index (χ0v) is 9.86. The van der Waals surface area contributed by atoms with E-state index in [0.717, 1.165) is 12.2 Å². The molecule has 0 heterocycles. The maximum absolute atomic E-state index is 8.86. The zero-order chi connectivity index (χ0) is 10.1. The van der Waals surface area contributed by atoms with Crippen LogP contribution in [0.15, 0.2) is 0 Å². The number of rotatable bonds is 8. The lowest BCUT2D eigenvalue weighted by Gasteiger charge is -2.21. The summed E-state index contributed by atoms with van der Waals surface area (Å²) in [5.74, 6) is 1.09. The van der Waals surface area contributed by atoms with Crippen molar-refractivity contribution in [2.45, 2.75) is 45.2 Å². The van der Waals surface area contributed by atoms with Gasteiger partial charge in [-0.25, -0.2) is 0 Å². The first-order valence-electron chi connectivity index (χ1n) is 5.10. The topological polar surface area (TPSA) is 32.3 Å². The number of hydrogen-bond donors (Lipinski definition) is 2. The molecule has 0 aliphatic rings. The minimum absolute atomic E-state index is 0.289. The molecule has 80 valence electrons. The molecule has 0 aromatic rings. The van der Waals surface area contributed by atoms with Crippen LogP contribution in [-0.2, 0) is 0 Å². The third kappa shape index (κ3) is 7.35. The summed E-state index contributed by atoms with van der Waals surface area (Å²) in [5, 5.41) is 12.4. The zero-order valence-electron chi connectivity index (χ0n) is 9.05. The van der Waals surface area contributed by atoms with E-state index < -0.39 is 0 Å². The second-order valence-electron chi connectivity index (χ2n) is 3.52. The van der Waals surface area contributed by atoms with Crippen molar-refractivity contribution in [1.29, 1.82) is 0 Å². The van der Waals surface area contributed by atoms with Gasteiger partial charge in [-0.3, -0.25) is 0 Å². The Hall–Kier alpha value is 0.270. The molecule has 2 N–H and O–H groups in total. The van der Waals surface area contributed by atoms with E-state index in [1.165, 1.54) is 12.8 Å². The van der Waals surface area contributed by atoms with E-state index in [4.69, 9.17) is 5.11 Å². The van der Waals surface area contributed by atoms with Crippen LogP contribution in [0.5, 0.6) is 0 Å². The average Bonchev–Trinajstić information content (AvgIpc) is 2.05. The first kappa shape index (κ1) is 13.3. The van der Waals surface area contributed by atoms with Crippen molar-refractivity contribution in [3.05, 3.63) is 0 Å². The van der Waals surface area contributed by atoms with E-state index in [1.54, 1.807) is 0 Å². The van der Waals surface area contributed by atoms with E-state index in [9.17, 15) is 0 Å². The van der Waals surface area contributed by atoms with Crippen molar-refractivity contribution in [3.8, 4) is 0 Å². The first-order valence-corrected chi connectivity index (χ1v) is 6.49. The van der Waals surface area contributed by atoms with Gasteiger partial charge in [0, 0.05) is 24.4 Å². The molecule has 0 radical (unpaired) electrons. The van der Waals surface area contributed by atoms with Gasteiger partial charge in [0.1, 0.15) is 0 Å². The predicted octanol–water partition coefficient (Wildman–Crippen LogP) is 1.88. The summed E-state index contributed by atoms with van der Waals surface area (Å²) < 4.78 is 0. The van der Waals surface area contributed by atoms with Crippen molar-refractivity contribution < 1.29 is 5.11 Å². The highest BCUT2D eigenvalue weighted by molar-refractivity contribution is 7.98. The highest BCUT2D eigenvalue weighted by Gasteiger charge is 2.09. The van der Waals surface area contributed by atoms with Crippen LogP contribution in [0, 0.1) is 0 Å². The van der Waals surface area contributed by atoms with Crippen LogP contribution >= 0.6 is 11.8 Å².